The van der Waals surface area contributed by atoms with Crippen molar-refractivity contribution in [1.29, 1.82) is 5.41 Å². The quantitative estimate of drug-likeness (QED) is 0.534. The first kappa shape index (κ1) is 24.3. The second kappa shape index (κ2) is 10.2. The third kappa shape index (κ3) is 5.30. The number of nitrogens with one attached hydrogen (secondary N) is 3. The van der Waals surface area contributed by atoms with Gasteiger partial charge in [0, 0.05) is 42.8 Å². The number of carbonyl (C=O) groups excluding carboxylic acids is 2. The Morgan fingerprint density at radius 3 is 2.69 bits per heavy atom. The zero-order valence-electron chi connectivity index (χ0n) is 20.1. The monoisotopic (exact) mass is 474 g/mol. The molecule has 2 amide bonds. The molecule has 9 heteroatoms. The van der Waals surface area contributed by atoms with Crippen LogP contribution in [0.4, 0.5) is 0 Å². The summed E-state index contributed by atoms with van der Waals surface area (Å²) in [5.41, 5.74) is 1.99. The molecule has 1 aromatic heterocycles. The second-order valence-electron chi connectivity index (χ2n) is 9.12. The summed E-state index contributed by atoms with van der Waals surface area (Å²) in [6, 6.07) is 9.98. The van der Waals surface area contributed by atoms with Crippen LogP contribution >= 0.6 is 0 Å². The van der Waals surface area contributed by atoms with E-state index in [1.165, 1.54) is 7.05 Å². The summed E-state index contributed by atoms with van der Waals surface area (Å²) in [7, 11) is 1.44. The molecule has 4 rings (SSSR count). The summed E-state index contributed by atoms with van der Waals surface area (Å²) >= 11 is 0. The third-order valence-corrected chi connectivity index (χ3v) is 6.12. The Bertz CT molecular complexity index is 1210. The van der Waals surface area contributed by atoms with Crippen molar-refractivity contribution in [3.8, 4) is 11.3 Å². The van der Waals surface area contributed by atoms with E-state index in [1.807, 2.05) is 60.3 Å². The molecule has 9 nitrogen and oxygen atoms in total. The van der Waals surface area contributed by atoms with Gasteiger partial charge in [-0.3, -0.25) is 14.6 Å². The van der Waals surface area contributed by atoms with E-state index in [2.05, 4.69) is 22.5 Å². The molecule has 2 unspecified atom stereocenters. The Balaban J connectivity index is 1.49. The van der Waals surface area contributed by atoms with Gasteiger partial charge in [-0.2, -0.15) is 0 Å². The smallest absolute Gasteiger partial charge is 0.270 e. The maximum Gasteiger partial charge on any atom is 0.270 e. The summed E-state index contributed by atoms with van der Waals surface area (Å²) in [5, 5.41) is 13.5. The SMILES string of the molecule is CN=C(C(=O)NC1=CCC(C)c2nc(-c3ccccc3)cn2C=C1)C(C=N)C(=O)NC1(C)COC1. The van der Waals surface area contributed by atoms with Crippen LogP contribution in [0.25, 0.3) is 17.5 Å². The van der Waals surface area contributed by atoms with Crippen molar-refractivity contribution in [2.75, 3.05) is 20.3 Å². The summed E-state index contributed by atoms with van der Waals surface area (Å²) in [4.78, 5) is 34.7. The molecule has 2 aliphatic heterocycles. The van der Waals surface area contributed by atoms with Crippen molar-refractivity contribution < 1.29 is 14.3 Å². The molecule has 0 saturated carbocycles. The second-order valence-corrected chi connectivity index (χ2v) is 9.12. The molecular formula is C26H30N6O3. The lowest BCUT2D eigenvalue weighted by Crippen LogP contribution is -2.62. The average Bonchev–Trinajstić information content (AvgIpc) is 3.26. The highest BCUT2D eigenvalue weighted by Gasteiger charge is 2.38. The minimum absolute atomic E-state index is 0.0274. The van der Waals surface area contributed by atoms with Gasteiger partial charge in [0.2, 0.25) is 5.91 Å². The number of aliphatic imine (C=N–C) groups is 1. The van der Waals surface area contributed by atoms with Crippen molar-refractivity contribution in [1.82, 2.24) is 20.2 Å². The van der Waals surface area contributed by atoms with Crippen LogP contribution in [0.5, 0.6) is 0 Å². The Labute approximate surface area is 204 Å². The number of fused-ring (bicyclic) bond motifs is 1. The van der Waals surface area contributed by atoms with Crippen LogP contribution in [0.1, 0.15) is 32.0 Å². The average molecular weight is 475 g/mol. The van der Waals surface area contributed by atoms with Gasteiger partial charge in [0.15, 0.2) is 0 Å². The maximum absolute atomic E-state index is 13.1. The van der Waals surface area contributed by atoms with Gasteiger partial charge >= 0.3 is 0 Å². The molecule has 0 aliphatic carbocycles. The zero-order valence-corrected chi connectivity index (χ0v) is 20.1. The predicted molar refractivity (Wildman–Crippen MR) is 135 cm³/mol. The molecule has 182 valence electrons. The van der Waals surface area contributed by atoms with Crippen molar-refractivity contribution in [2.24, 2.45) is 10.9 Å². The molecule has 1 aromatic carbocycles. The molecular weight excluding hydrogens is 444 g/mol. The van der Waals surface area contributed by atoms with Gasteiger partial charge in [0.1, 0.15) is 17.5 Å². The van der Waals surface area contributed by atoms with Crippen molar-refractivity contribution in [3.63, 3.8) is 0 Å². The van der Waals surface area contributed by atoms with Crippen molar-refractivity contribution in [3.05, 3.63) is 60.2 Å². The largest absolute Gasteiger partial charge is 0.376 e. The van der Waals surface area contributed by atoms with Crippen LogP contribution in [-0.2, 0) is 14.3 Å². The highest BCUT2D eigenvalue weighted by molar-refractivity contribution is 6.46. The number of benzene rings is 1. The number of ether oxygens (including phenoxy) is 1. The van der Waals surface area contributed by atoms with Crippen LogP contribution in [0.2, 0.25) is 0 Å². The van der Waals surface area contributed by atoms with E-state index in [-0.39, 0.29) is 11.6 Å². The van der Waals surface area contributed by atoms with Gasteiger partial charge in [0.25, 0.3) is 5.91 Å². The predicted octanol–water partition coefficient (Wildman–Crippen LogP) is 2.77. The molecule has 3 N–H and O–H groups in total. The van der Waals surface area contributed by atoms with Crippen LogP contribution in [0.3, 0.4) is 0 Å². The van der Waals surface area contributed by atoms with E-state index in [4.69, 9.17) is 15.1 Å². The van der Waals surface area contributed by atoms with E-state index >= 15 is 0 Å². The highest BCUT2D eigenvalue weighted by Crippen LogP contribution is 2.27. The molecule has 2 atom stereocenters. The lowest BCUT2D eigenvalue weighted by molar-refractivity contribution is -0.132. The summed E-state index contributed by atoms with van der Waals surface area (Å²) in [6.07, 6.45) is 9.16. The fourth-order valence-electron chi connectivity index (χ4n) is 4.08. The molecule has 0 spiro atoms. The number of allylic oxidation sites excluding steroid dienone is 2. The van der Waals surface area contributed by atoms with E-state index < -0.39 is 23.3 Å². The van der Waals surface area contributed by atoms with Gasteiger partial charge in [-0.1, -0.05) is 43.3 Å². The lowest BCUT2D eigenvalue weighted by Gasteiger charge is -2.39. The van der Waals surface area contributed by atoms with Gasteiger partial charge in [-0.15, -0.1) is 0 Å². The van der Waals surface area contributed by atoms with Crippen LogP contribution in [-0.4, -0.2) is 59.1 Å². The number of amides is 2. The molecule has 3 heterocycles. The Kier molecular flexibility index (Phi) is 7.07. The van der Waals surface area contributed by atoms with Gasteiger partial charge in [-0.25, -0.2) is 4.98 Å². The zero-order chi connectivity index (χ0) is 25.0. The van der Waals surface area contributed by atoms with Crippen LogP contribution in [0, 0.1) is 11.3 Å². The first-order valence-corrected chi connectivity index (χ1v) is 11.5. The topological polar surface area (TPSA) is 121 Å². The number of carbonyl (C=O) groups is 2. The van der Waals surface area contributed by atoms with Gasteiger partial charge < -0.3 is 25.3 Å². The van der Waals surface area contributed by atoms with E-state index in [0.717, 1.165) is 23.3 Å². The number of nitrogens with zero attached hydrogens (tertiary/aromatic N) is 3. The number of rotatable bonds is 7. The van der Waals surface area contributed by atoms with Crippen LogP contribution in [0.15, 0.2) is 59.4 Å². The number of hydrogen-bond acceptors (Lipinski definition) is 6. The van der Waals surface area contributed by atoms with Gasteiger partial charge in [0.05, 0.1) is 24.4 Å². The molecule has 2 aromatic rings. The Hall–Kier alpha value is -3.85. The highest BCUT2D eigenvalue weighted by atomic mass is 16.5. The van der Waals surface area contributed by atoms with Crippen molar-refractivity contribution in [2.45, 2.75) is 31.7 Å². The van der Waals surface area contributed by atoms with E-state index in [9.17, 15) is 9.59 Å². The van der Waals surface area contributed by atoms with Gasteiger partial charge in [-0.05, 0) is 19.4 Å². The lowest BCUT2D eigenvalue weighted by atomic mass is 9.96. The fourth-order valence-corrected chi connectivity index (χ4v) is 4.08. The molecule has 1 saturated heterocycles. The first-order valence-electron chi connectivity index (χ1n) is 11.5. The molecule has 2 aliphatic rings. The number of aromatic nitrogens is 2. The summed E-state index contributed by atoms with van der Waals surface area (Å²) < 4.78 is 7.13. The number of hydrogen-bond donors (Lipinski definition) is 3. The maximum atomic E-state index is 13.1. The normalized spacial score (nSPS) is 19.8. The fraction of sp³-hybridized carbons (Fsp3) is 0.346. The molecule has 0 radical (unpaired) electrons. The Morgan fingerprint density at radius 1 is 1.31 bits per heavy atom. The molecule has 0 bridgehead atoms. The summed E-state index contributed by atoms with van der Waals surface area (Å²) in [5.74, 6) is -1.01. The summed E-state index contributed by atoms with van der Waals surface area (Å²) in [6.45, 7) is 4.73. The standard InChI is InChI=1S/C26H30N6O3/c1-17-9-10-19(11-12-32-14-21(30-23(17)32)18-7-5-4-6-8-18)29-25(34)22(28-3)20(13-27)24(33)31-26(2)15-35-16-26/h4-8,10-14,17,20,27H,9,15-16H2,1-3H3,(H,29,34)(H,31,33). The molecule has 35 heavy (non-hydrogen) atoms. The minimum Gasteiger partial charge on any atom is -0.376 e. The van der Waals surface area contributed by atoms with E-state index in [0.29, 0.717) is 25.3 Å². The Morgan fingerprint density at radius 2 is 2.06 bits per heavy atom. The van der Waals surface area contributed by atoms with Crippen LogP contribution < -0.4 is 10.6 Å². The molecule has 1 fully saturated rings. The minimum atomic E-state index is -1.09. The number of imidazole rings is 1. The third-order valence-electron chi connectivity index (χ3n) is 6.12. The first-order chi connectivity index (χ1) is 16.8. The van der Waals surface area contributed by atoms with Crippen molar-refractivity contribution >= 4 is 29.9 Å². The van der Waals surface area contributed by atoms with E-state index in [1.54, 1.807) is 6.08 Å².